The predicted molar refractivity (Wildman–Crippen MR) is 226 cm³/mol. The number of nitriles is 2. The van der Waals surface area contributed by atoms with Gasteiger partial charge in [-0.25, -0.2) is 19.7 Å². The first-order valence-corrected chi connectivity index (χ1v) is 18.1. The number of hydrogen-bond acceptors (Lipinski definition) is 4. The van der Waals surface area contributed by atoms with Crippen LogP contribution in [0.2, 0.25) is 0 Å². The molecule has 0 atom stereocenters. The van der Waals surface area contributed by atoms with Crippen molar-refractivity contribution in [1.82, 2.24) is 14.5 Å². The van der Waals surface area contributed by atoms with E-state index in [4.69, 9.17) is 23.1 Å². The zero-order valence-corrected chi connectivity index (χ0v) is 30.2. The molecule has 7 aromatic carbocycles. The van der Waals surface area contributed by atoms with Crippen molar-refractivity contribution < 1.29 is 0 Å². The highest BCUT2D eigenvalue weighted by molar-refractivity contribution is 6.12. The van der Waals surface area contributed by atoms with Crippen molar-refractivity contribution in [3.63, 3.8) is 0 Å². The van der Waals surface area contributed by atoms with Crippen LogP contribution in [0.4, 0.5) is 11.4 Å². The van der Waals surface area contributed by atoms with E-state index >= 15 is 0 Å². The maximum absolute atomic E-state index is 10.1. The largest absolute Gasteiger partial charge is 0.308 e. The van der Waals surface area contributed by atoms with E-state index in [0.717, 1.165) is 72.1 Å². The standard InChI is InChI=1S/C50H27N7/c1-53-39-18-10-17-37(25-39)42-27-38(46-29-45(34-12-5-3-6-13-34)55-50(56-46)35-14-7-4-8-15-35)26-41(36-16-9-11-32(23-36)30-51)49(42)57-47-21-19-33(31-52)24-43(47)44-28-40(54-2)20-22-48(44)57/h3-29H. The summed E-state index contributed by atoms with van der Waals surface area (Å²) in [6.45, 7) is 15.7. The molecular weight excluding hydrogens is 699 g/mol. The van der Waals surface area contributed by atoms with Gasteiger partial charge in [0.15, 0.2) is 17.2 Å². The van der Waals surface area contributed by atoms with Gasteiger partial charge in [0.2, 0.25) is 0 Å². The molecule has 0 radical (unpaired) electrons. The minimum absolute atomic E-state index is 0.485. The molecule has 0 fully saturated rings. The zero-order valence-electron chi connectivity index (χ0n) is 30.2. The van der Waals surface area contributed by atoms with Crippen molar-refractivity contribution in [2.75, 3.05) is 0 Å². The fraction of sp³-hybridized carbons (Fsp3) is 0. The molecule has 0 amide bonds. The molecule has 0 aliphatic heterocycles. The number of rotatable bonds is 6. The van der Waals surface area contributed by atoms with Gasteiger partial charge < -0.3 is 4.57 Å². The second-order valence-electron chi connectivity index (χ2n) is 13.5. The van der Waals surface area contributed by atoms with E-state index in [1.54, 1.807) is 24.3 Å². The maximum atomic E-state index is 10.1. The molecule has 2 aromatic heterocycles. The highest BCUT2D eigenvalue weighted by Crippen LogP contribution is 2.45. The van der Waals surface area contributed by atoms with E-state index in [1.807, 2.05) is 127 Å². The Morgan fingerprint density at radius 3 is 1.67 bits per heavy atom. The Labute approximate surface area is 328 Å². The summed E-state index contributed by atoms with van der Waals surface area (Å²) in [6, 6.07) is 57.0. The average Bonchev–Trinajstić information content (AvgIpc) is 3.61. The van der Waals surface area contributed by atoms with Crippen LogP contribution in [0.3, 0.4) is 0 Å². The SMILES string of the molecule is [C-]#[N+]c1cccc(-c2cc(-c3cc(-c4ccccc4)nc(-c4ccccc4)n3)cc(-c3cccc(C#N)c3)c2-n2c3ccc(C#N)cc3c3cc([N+]#[C-])ccc32)c1. The summed E-state index contributed by atoms with van der Waals surface area (Å²) >= 11 is 0. The molecule has 0 saturated heterocycles. The van der Waals surface area contributed by atoms with Crippen LogP contribution >= 0.6 is 0 Å². The second-order valence-corrected chi connectivity index (χ2v) is 13.5. The number of benzene rings is 7. The molecule has 9 aromatic rings. The molecule has 7 nitrogen and oxygen atoms in total. The van der Waals surface area contributed by atoms with Crippen LogP contribution in [0.25, 0.3) is 93.3 Å². The Morgan fingerprint density at radius 1 is 0.456 bits per heavy atom. The molecule has 7 heteroatoms. The maximum Gasteiger partial charge on any atom is 0.188 e. The van der Waals surface area contributed by atoms with Gasteiger partial charge in [-0.2, -0.15) is 10.5 Å². The minimum Gasteiger partial charge on any atom is -0.308 e. The van der Waals surface area contributed by atoms with E-state index in [1.165, 1.54) is 0 Å². The van der Waals surface area contributed by atoms with Gasteiger partial charge in [0.25, 0.3) is 0 Å². The first-order valence-electron chi connectivity index (χ1n) is 18.1. The molecule has 0 saturated carbocycles. The normalized spacial score (nSPS) is 10.7. The van der Waals surface area contributed by atoms with Crippen molar-refractivity contribution in [2.24, 2.45) is 0 Å². The van der Waals surface area contributed by atoms with Crippen LogP contribution < -0.4 is 0 Å². The number of aromatic nitrogens is 3. The van der Waals surface area contributed by atoms with Crippen molar-refractivity contribution in [3.8, 4) is 74.0 Å². The van der Waals surface area contributed by atoms with Crippen molar-refractivity contribution >= 4 is 33.2 Å². The van der Waals surface area contributed by atoms with Crippen LogP contribution in [0.1, 0.15) is 11.1 Å². The van der Waals surface area contributed by atoms with Crippen molar-refractivity contribution in [3.05, 3.63) is 198 Å². The van der Waals surface area contributed by atoms with E-state index in [0.29, 0.717) is 34.0 Å². The van der Waals surface area contributed by atoms with Crippen LogP contribution in [0.5, 0.6) is 0 Å². The Balaban J connectivity index is 1.45. The van der Waals surface area contributed by atoms with Gasteiger partial charge in [0.05, 0.1) is 64.5 Å². The van der Waals surface area contributed by atoms with Gasteiger partial charge in [0, 0.05) is 33.2 Å². The Hall–Kier alpha value is -8.62. The lowest BCUT2D eigenvalue weighted by Crippen LogP contribution is -2.03. The molecule has 0 unspecified atom stereocenters. The molecule has 57 heavy (non-hydrogen) atoms. The minimum atomic E-state index is 0.485. The lowest BCUT2D eigenvalue weighted by atomic mass is 9.91. The summed E-state index contributed by atoms with van der Waals surface area (Å²) in [7, 11) is 0. The van der Waals surface area contributed by atoms with Gasteiger partial charge in [-0.3, -0.25) is 0 Å². The van der Waals surface area contributed by atoms with Crippen LogP contribution in [-0.2, 0) is 0 Å². The predicted octanol–water partition coefficient (Wildman–Crippen LogP) is 12.8. The third-order valence-electron chi connectivity index (χ3n) is 10.1. The van der Waals surface area contributed by atoms with Crippen LogP contribution in [-0.4, -0.2) is 14.5 Å². The third kappa shape index (κ3) is 6.21. The molecule has 2 heterocycles. The third-order valence-corrected chi connectivity index (χ3v) is 10.1. The van der Waals surface area contributed by atoms with E-state index < -0.39 is 0 Å². The molecular formula is C50H27N7. The van der Waals surface area contributed by atoms with Gasteiger partial charge in [0.1, 0.15) is 0 Å². The Bertz CT molecular complexity index is 3020. The van der Waals surface area contributed by atoms with Crippen LogP contribution in [0, 0.1) is 35.8 Å². The summed E-state index contributed by atoms with van der Waals surface area (Å²) in [5.74, 6) is 0.576. The molecule has 0 bridgehead atoms. The fourth-order valence-corrected chi connectivity index (χ4v) is 7.42. The summed E-state index contributed by atoms with van der Waals surface area (Å²) in [4.78, 5) is 17.7. The topological polar surface area (TPSA) is 87.0 Å². The number of nitrogens with zero attached hydrogens (tertiary/aromatic N) is 7. The summed E-state index contributed by atoms with van der Waals surface area (Å²) in [5, 5.41) is 21.7. The number of fused-ring (bicyclic) bond motifs is 3. The Kier molecular flexibility index (Phi) is 8.58. The number of hydrogen-bond donors (Lipinski definition) is 0. The van der Waals surface area contributed by atoms with E-state index in [-0.39, 0.29) is 0 Å². The zero-order chi connectivity index (χ0) is 38.9. The Morgan fingerprint density at radius 2 is 1.00 bits per heavy atom. The van der Waals surface area contributed by atoms with Gasteiger partial charge in [-0.1, -0.05) is 97.1 Å². The monoisotopic (exact) mass is 725 g/mol. The molecule has 0 aliphatic rings. The quantitative estimate of drug-likeness (QED) is 0.160. The van der Waals surface area contributed by atoms with Gasteiger partial charge in [-0.05, 0) is 83.2 Å². The van der Waals surface area contributed by atoms with E-state index in [9.17, 15) is 10.5 Å². The van der Waals surface area contributed by atoms with Gasteiger partial charge in [-0.15, -0.1) is 0 Å². The molecule has 262 valence electrons. The smallest absolute Gasteiger partial charge is 0.188 e. The average molecular weight is 726 g/mol. The lowest BCUT2D eigenvalue weighted by Gasteiger charge is -2.21. The second kappa shape index (κ2) is 14.3. The van der Waals surface area contributed by atoms with Crippen molar-refractivity contribution in [2.45, 2.75) is 0 Å². The van der Waals surface area contributed by atoms with Crippen LogP contribution in [0.15, 0.2) is 164 Å². The molecule has 9 rings (SSSR count). The lowest BCUT2D eigenvalue weighted by molar-refractivity contribution is 1.17. The molecule has 0 N–H and O–H groups in total. The van der Waals surface area contributed by atoms with E-state index in [2.05, 4.69) is 38.5 Å². The first-order chi connectivity index (χ1) is 28.0. The molecule has 0 aliphatic carbocycles. The molecule has 0 spiro atoms. The summed E-state index contributed by atoms with van der Waals surface area (Å²) in [6.07, 6.45) is 0. The highest BCUT2D eigenvalue weighted by atomic mass is 15.0. The first kappa shape index (κ1) is 34.2. The van der Waals surface area contributed by atoms with Crippen molar-refractivity contribution in [1.29, 1.82) is 10.5 Å². The summed E-state index contributed by atoms with van der Waals surface area (Å²) in [5.41, 5.74) is 11.8. The van der Waals surface area contributed by atoms with Gasteiger partial charge >= 0.3 is 0 Å². The summed E-state index contributed by atoms with van der Waals surface area (Å²) < 4.78 is 2.17. The highest BCUT2D eigenvalue weighted by Gasteiger charge is 2.23. The fourth-order valence-electron chi connectivity index (χ4n) is 7.42.